The van der Waals surface area contributed by atoms with Crippen LogP contribution in [-0.4, -0.2) is 6.66 Å². The number of hydrogen-bond donors (Lipinski definition) is 0. The summed E-state index contributed by atoms with van der Waals surface area (Å²) in [7, 11) is 0.183. The highest BCUT2D eigenvalue weighted by Gasteiger charge is 2.33. The van der Waals surface area contributed by atoms with Gasteiger partial charge in [0.1, 0.15) is 0 Å². The van der Waals surface area contributed by atoms with Gasteiger partial charge in [-0.15, -0.1) is 0 Å². The van der Waals surface area contributed by atoms with Crippen LogP contribution in [0, 0.1) is 0 Å². The lowest BCUT2D eigenvalue weighted by Gasteiger charge is -1.82. The zero-order valence-corrected chi connectivity index (χ0v) is 8.34. The smallest absolute Gasteiger partial charge is 0.0132 e. The van der Waals surface area contributed by atoms with E-state index < -0.39 is 0 Å². The second-order valence-corrected chi connectivity index (χ2v) is 5.27. The normalized spacial score (nSPS) is 23.1. The molecule has 56 valence electrons. The summed E-state index contributed by atoms with van der Waals surface area (Å²) < 4.78 is 0. The summed E-state index contributed by atoms with van der Waals surface area (Å²) in [6.45, 7) is 11.2. The topological polar surface area (TPSA) is 0 Å². The van der Waals surface area contributed by atoms with E-state index in [4.69, 9.17) is 0 Å². The highest BCUT2D eigenvalue weighted by atomic mass is 31.1. The van der Waals surface area contributed by atoms with Crippen LogP contribution in [0.15, 0.2) is 21.8 Å². The monoisotopic (exact) mass is 154 g/mol. The molecule has 0 spiro atoms. The predicted octanol–water partition coefficient (Wildman–Crippen LogP) is 3.70. The van der Waals surface area contributed by atoms with Crippen LogP contribution in [0.4, 0.5) is 0 Å². The van der Waals surface area contributed by atoms with Crippen LogP contribution in [0.1, 0.15) is 27.7 Å². The summed E-state index contributed by atoms with van der Waals surface area (Å²) >= 11 is 0. The largest absolute Gasteiger partial charge is 0.0678 e. The second kappa shape index (κ2) is 2.51. The molecule has 0 N–H and O–H groups in total. The van der Waals surface area contributed by atoms with E-state index in [1.165, 1.54) is 11.1 Å². The Morgan fingerprint density at radius 2 is 1.20 bits per heavy atom. The molecular formula is C9H15P. The van der Waals surface area contributed by atoms with E-state index in [1.54, 1.807) is 10.6 Å². The van der Waals surface area contributed by atoms with Crippen molar-refractivity contribution in [1.82, 2.24) is 0 Å². The fraction of sp³-hybridized carbons (Fsp3) is 0.556. The van der Waals surface area contributed by atoms with Crippen LogP contribution in [0.25, 0.3) is 0 Å². The zero-order chi connectivity index (χ0) is 7.89. The van der Waals surface area contributed by atoms with Gasteiger partial charge >= 0.3 is 0 Å². The van der Waals surface area contributed by atoms with Crippen molar-refractivity contribution in [1.29, 1.82) is 0 Å². The molecule has 1 aliphatic rings. The molecule has 0 aliphatic carbocycles. The van der Waals surface area contributed by atoms with Gasteiger partial charge in [0, 0.05) is 0 Å². The molecule has 1 saturated heterocycles. The molecule has 1 heterocycles. The molecule has 0 radical (unpaired) electrons. The zero-order valence-electron chi connectivity index (χ0n) is 7.45. The minimum Gasteiger partial charge on any atom is -0.0678 e. The predicted molar refractivity (Wildman–Crippen MR) is 49.6 cm³/mol. The maximum atomic E-state index is 2.35. The van der Waals surface area contributed by atoms with Crippen LogP contribution < -0.4 is 0 Å². The van der Waals surface area contributed by atoms with Gasteiger partial charge in [-0.3, -0.25) is 0 Å². The molecule has 1 rings (SSSR count). The lowest BCUT2D eigenvalue weighted by atomic mass is 10.2. The van der Waals surface area contributed by atoms with E-state index in [0.29, 0.717) is 0 Å². The third kappa shape index (κ3) is 1.18. The average Bonchev–Trinajstić information content (AvgIpc) is 2.40. The summed E-state index contributed by atoms with van der Waals surface area (Å²) in [5, 5.41) is 3.32. The van der Waals surface area contributed by atoms with Gasteiger partial charge in [0.05, 0.1) is 0 Å². The minimum absolute atomic E-state index is 0.183. The molecule has 0 unspecified atom stereocenters. The first-order valence-electron chi connectivity index (χ1n) is 3.64. The maximum absolute atomic E-state index is 2.35. The van der Waals surface area contributed by atoms with E-state index >= 15 is 0 Å². The minimum atomic E-state index is 0.183. The molecule has 0 nitrogen and oxygen atoms in total. The van der Waals surface area contributed by atoms with E-state index in [-0.39, 0.29) is 7.92 Å². The van der Waals surface area contributed by atoms with Crippen molar-refractivity contribution in [3.8, 4) is 0 Å². The first-order valence-corrected chi connectivity index (χ1v) is 5.43. The Balaban J connectivity index is 2.97. The molecule has 1 aliphatic heterocycles. The summed E-state index contributed by atoms with van der Waals surface area (Å²) in [5.74, 6) is 0. The molecule has 10 heavy (non-hydrogen) atoms. The van der Waals surface area contributed by atoms with Crippen molar-refractivity contribution in [2.75, 3.05) is 6.66 Å². The van der Waals surface area contributed by atoms with E-state index in [0.717, 1.165) is 0 Å². The Morgan fingerprint density at radius 1 is 0.900 bits per heavy atom. The van der Waals surface area contributed by atoms with Gasteiger partial charge in [-0.1, -0.05) is 11.1 Å². The van der Waals surface area contributed by atoms with E-state index in [9.17, 15) is 0 Å². The van der Waals surface area contributed by atoms with Crippen LogP contribution in [0.2, 0.25) is 0 Å². The number of allylic oxidation sites excluding steroid dienone is 4. The van der Waals surface area contributed by atoms with Crippen molar-refractivity contribution in [3.05, 3.63) is 21.8 Å². The molecule has 0 atom stereocenters. The van der Waals surface area contributed by atoms with E-state index in [2.05, 4.69) is 34.4 Å². The SMILES string of the molecule is CC(C)=C1C(=C(C)C)P1C. The fourth-order valence-electron chi connectivity index (χ4n) is 1.39. The van der Waals surface area contributed by atoms with Crippen LogP contribution >= 0.6 is 7.92 Å². The molecule has 0 amide bonds. The molecule has 1 fully saturated rings. The first-order chi connectivity index (χ1) is 4.55. The lowest BCUT2D eigenvalue weighted by molar-refractivity contribution is 1.35. The van der Waals surface area contributed by atoms with Crippen molar-refractivity contribution < 1.29 is 0 Å². The van der Waals surface area contributed by atoms with Gasteiger partial charge in [0.15, 0.2) is 0 Å². The van der Waals surface area contributed by atoms with E-state index in [1.807, 2.05) is 0 Å². The first kappa shape index (κ1) is 8.01. The lowest BCUT2D eigenvalue weighted by Crippen LogP contribution is -1.62. The second-order valence-electron chi connectivity index (χ2n) is 3.26. The number of rotatable bonds is 0. The third-order valence-electron chi connectivity index (χ3n) is 1.79. The molecule has 0 aromatic rings. The number of hydrogen-bond acceptors (Lipinski definition) is 0. The highest BCUT2D eigenvalue weighted by molar-refractivity contribution is 7.76. The maximum Gasteiger partial charge on any atom is -0.0132 e. The van der Waals surface area contributed by atoms with Gasteiger partial charge in [0.25, 0.3) is 0 Å². The molecule has 0 saturated carbocycles. The molecule has 1 heteroatoms. The summed E-state index contributed by atoms with van der Waals surface area (Å²) in [4.78, 5) is 0. The Labute approximate surface area is 64.8 Å². The van der Waals surface area contributed by atoms with Gasteiger partial charge in [-0.2, -0.15) is 0 Å². The average molecular weight is 154 g/mol. The Hall–Kier alpha value is -0.0900. The summed E-state index contributed by atoms with van der Waals surface area (Å²) in [5.41, 5.74) is 3.04. The highest BCUT2D eigenvalue weighted by Crippen LogP contribution is 2.74. The summed E-state index contributed by atoms with van der Waals surface area (Å²) in [6, 6.07) is 0. The molecule has 0 aromatic heterocycles. The van der Waals surface area contributed by atoms with Crippen LogP contribution in [0.5, 0.6) is 0 Å². The molecule has 0 bridgehead atoms. The quantitative estimate of drug-likeness (QED) is 0.467. The summed E-state index contributed by atoms with van der Waals surface area (Å²) in [6.07, 6.45) is 0. The van der Waals surface area contributed by atoms with Crippen molar-refractivity contribution >= 4 is 7.92 Å². The van der Waals surface area contributed by atoms with Gasteiger partial charge in [-0.25, -0.2) is 0 Å². The Bertz CT molecular complexity index is 189. The Morgan fingerprint density at radius 3 is 1.30 bits per heavy atom. The molecule has 0 aromatic carbocycles. The Kier molecular flexibility index (Phi) is 2.01. The van der Waals surface area contributed by atoms with Gasteiger partial charge in [0.2, 0.25) is 0 Å². The molecular weight excluding hydrogens is 139 g/mol. The third-order valence-corrected chi connectivity index (χ3v) is 4.25. The van der Waals surface area contributed by atoms with Gasteiger partial charge < -0.3 is 0 Å². The van der Waals surface area contributed by atoms with Gasteiger partial charge in [-0.05, 0) is 52.9 Å². The van der Waals surface area contributed by atoms with Crippen molar-refractivity contribution in [2.45, 2.75) is 27.7 Å². The van der Waals surface area contributed by atoms with Crippen molar-refractivity contribution in [2.24, 2.45) is 0 Å². The standard InChI is InChI=1S/C9H15P/c1-6(2)8-9(7(3)4)10(8)5/h1-5H3. The van der Waals surface area contributed by atoms with Crippen LogP contribution in [-0.2, 0) is 0 Å². The van der Waals surface area contributed by atoms with Crippen LogP contribution in [0.3, 0.4) is 0 Å². The van der Waals surface area contributed by atoms with Crippen molar-refractivity contribution in [3.63, 3.8) is 0 Å². The fourth-order valence-corrected chi connectivity index (χ4v) is 3.97.